The second-order valence-corrected chi connectivity index (χ2v) is 44.8. The summed E-state index contributed by atoms with van der Waals surface area (Å²) in [6.45, 7) is 75.6. The number of hydrogen-bond acceptors (Lipinski definition) is 8. The summed E-state index contributed by atoms with van der Waals surface area (Å²) >= 11 is 0. The predicted molar refractivity (Wildman–Crippen MR) is 505 cm³/mol. The maximum Gasteiger partial charge on any atom is 0.108 e. The van der Waals surface area contributed by atoms with E-state index in [0.717, 1.165) is 272 Å². The van der Waals surface area contributed by atoms with Crippen LogP contribution in [0.4, 0.5) is 8.78 Å². The van der Waals surface area contributed by atoms with Crippen LogP contribution >= 0.6 is 0 Å². The van der Waals surface area contributed by atoms with E-state index in [1.165, 1.54) is 103 Å². The lowest BCUT2D eigenvalue weighted by Gasteiger charge is -2.37. The lowest BCUT2D eigenvalue weighted by Crippen LogP contribution is -2.40. The van der Waals surface area contributed by atoms with Gasteiger partial charge >= 0.3 is 0 Å². The quantitative estimate of drug-likeness (QED) is 0.205. The van der Waals surface area contributed by atoms with E-state index in [1.54, 1.807) is 6.92 Å². The number of alkyl halides is 2. The van der Waals surface area contributed by atoms with E-state index in [4.69, 9.17) is 28.4 Å². The zero-order chi connectivity index (χ0) is 83.5. The molecular formula is C103H212F2O8S. The monoisotopic (exact) mass is 1650 g/mol. The van der Waals surface area contributed by atoms with Crippen molar-refractivity contribution in [2.75, 3.05) is 84.2 Å². The van der Waals surface area contributed by atoms with E-state index in [2.05, 4.69) is 200 Å². The molecule has 11 heteroatoms. The number of aliphatic hydroxyl groups is 1. The van der Waals surface area contributed by atoms with Crippen molar-refractivity contribution in [1.82, 2.24) is 0 Å². The van der Waals surface area contributed by atoms with Gasteiger partial charge in [-0.2, -0.15) is 0 Å². The Morgan fingerprint density at radius 1 is 0.351 bits per heavy atom. The number of ether oxygens (including phenoxy) is 6. The molecule has 0 spiro atoms. The smallest absolute Gasteiger partial charge is 0.108 e. The molecule has 0 radical (unpaired) electrons. The zero-order valence-corrected chi connectivity index (χ0v) is 79.8. The van der Waals surface area contributed by atoms with Crippen molar-refractivity contribution < 1.29 is 46.5 Å². The second-order valence-electron chi connectivity index (χ2n) is 42.1. The zero-order valence-electron chi connectivity index (χ0n) is 79.0. The Balaban J connectivity index is -0.000000582. The highest BCUT2D eigenvalue weighted by Gasteiger charge is 2.36. The average molecular weight is 1650 g/mol. The van der Waals surface area contributed by atoms with Crippen molar-refractivity contribution in [2.24, 2.45) is 148 Å². The molecule has 11 rings (SSSR count). The molecule has 4 saturated carbocycles. The molecule has 8 nitrogen and oxygen atoms in total. The molecule has 7 aliphatic heterocycles. The van der Waals surface area contributed by atoms with Crippen molar-refractivity contribution >= 4 is 15.4 Å². The summed E-state index contributed by atoms with van der Waals surface area (Å²) in [5, 5.41) is 9.87. The van der Waals surface area contributed by atoms with Gasteiger partial charge in [0, 0.05) is 84.2 Å². The van der Waals surface area contributed by atoms with Gasteiger partial charge in [-0.15, -0.1) is 0 Å². The molecule has 0 bridgehead atoms. The Hall–Kier alpha value is -0.400. The van der Waals surface area contributed by atoms with Gasteiger partial charge in [-0.05, 0) is 306 Å². The van der Waals surface area contributed by atoms with Crippen LogP contribution in [0.1, 0.15) is 404 Å². The number of halogens is 2. The lowest BCUT2D eigenvalue weighted by molar-refractivity contribution is -0.0907. The number of hydrogen-bond donors (Lipinski definition) is 1. The van der Waals surface area contributed by atoms with E-state index in [-0.39, 0.29) is 35.3 Å². The van der Waals surface area contributed by atoms with E-state index >= 15 is 0 Å². The van der Waals surface area contributed by atoms with Crippen LogP contribution in [0.5, 0.6) is 0 Å². The van der Waals surface area contributed by atoms with Crippen molar-refractivity contribution in [3.63, 3.8) is 0 Å². The van der Waals surface area contributed by atoms with Gasteiger partial charge in [0.1, 0.15) is 11.8 Å². The van der Waals surface area contributed by atoms with E-state index in [0.29, 0.717) is 31.0 Å². The molecule has 11 atom stereocenters. The first-order valence-corrected chi connectivity index (χ1v) is 49.3. The largest absolute Gasteiger partial charge is 0.389 e. The van der Waals surface area contributed by atoms with Crippen LogP contribution in [0.25, 0.3) is 0 Å². The molecular weight excluding hydrogens is 1440 g/mol. The first-order valence-electron chi connectivity index (χ1n) is 47.3. The molecule has 0 aromatic heterocycles. The second kappa shape index (κ2) is 64.4. The summed E-state index contributed by atoms with van der Waals surface area (Å²) in [5.74, 6) is 25.6. The predicted octanol–water partition coefficient (Wildman–Crippen LogP) is 30.4. The molecule has 11 aliphatic rings. The molecule has 11 unspecified atom stereocenters. The molecule has 692 valence electrons. The topological polar surface area (TPSA) is 92.7 Å². The number of rotatable bonds is 11. The summed E-state index contributed by atoms with van der Waals surface area (Å²) in [7, 11) is -1.65. The third-order valence-electron chi connectivity index (χ3n) is 28.5. The van der Waals surface area contributed by atoms with Crippen molar-refractivity contribution in [3.8, 4) is 0 Å². The van der Waals surface area contributed by atoms with E-state index in [9.17, 15) is 18.1 Å². The van der Waals surface area contributed by atoms with Crippen molar-refractivity contribution in [1.29, 1.82) is 0 Å². The molecule has 7 saturated heterocycles. The summed E-state index contributed by atoms with van der Waals surface area (Å²) in [6, 6.07) is 0. The molecule has 11 fully saturated rings. The summed E-state index contributed by atoms with van der Waals surface area (Å²) in [4.78, 5) is 0. The van der Waals surface area contributed by atoms with Crippen molar-refractivity contribution in [3.05, 3.63) is 0 Å². The van der Waals surface area contributed by atoms with Gasteiger partial charge in [-0.25, -0.2) is 8.78 Å². The minimum atomic E-state index is -1.65. The van der Waals surface area contributed by atoms with E-state index in [1.807, 2.05) is 0 Å². The van der Waals surface area contributed by atoms with Crippen LogP contribution in [0.15, 0.2) is 0 Å². The Morgan fingerprint density at radius 2 is 0.702 bits per heavy atom. The summed E-state index contributed by atoms with van der Waals surface area (Å²) < 4.78 is 70.0. The van der Waals surface area contributed by atoms with Gasteiger partial charge in [-0.1, -0.05) is 261 Å². The first-order chi connectivity index (χ1) is 51.4. The van der Waals surface area contributed by atoms with Crippen LogP contribution in [0.2, 0.25) is 0 Å². The third-order valence-corrected chi connectivity index (χ3v) is 30.5. The molecule has 0 aromatic carbocycles. The third kappa shape index (κ3) is 52.3. The van der Waals surface area contributed by atoms with Crippen molar-refractivity contribution in [2.45, 2.75) is 427 Å². The first kappa shape index (κ1) is 120. The average Bonchev–Trinajstić information content (AvgIpc) is 1.06. The Morgan fingerprint density at radius 3 is 0.991 bits per heavy atom. The summed E-state index contributed by atoms with van der Waals surface area (Å²) in [6.07, 6.45) is 32.1. The highest BCUT2D eigenvalue weighted by Crippen LogP contribution is 2.40. The highest BCUT2D eigenvalue weighted by atomic mass is 32.2. The van der Waals surface area contributed by atoms with Crippen LogP contribution in [0.3, 0.4) is 0 Å². The molecule has 7 heterocycles. The molecule has 0 aromatic rings. The van der Waals surface area contributed by atoms with Gasteiger partial charge < -0.3 is 33.5 Å². The highest BCUT2D eigenvalue weighted by molar-refractivity contribution is 8.00. The maximum atomic E-state index is 13.3. The SMILES string of the molecule is C.C.C.C.C=S1(=O)CCC(C(C)C)CC1.CC(C)C1(O)CCOCC1.CC(C)C1C(C)COCC1C.CC(C)C1CCC(C)(F)CC1.CC(C)C1CCCCC1C.CC(C)C1CCCCC1C.CC(C)C1CCCCC1F.CC(C)C1CCCOC1.CC(C)C1CCOC(C)(C)C1.CC(C)C1CCOC1.CC(C)C1CCOCC1. The minimum absolute atomic E-state index is 0. The van der Waals surface area contributed by atoms with Gasteiger partial charge in [0.15, 0.2) is 0 Å². The van der Waals surface area contributed by atoms with Crippen LogP contribution in [0, 0.1) is 148 Å². The molecule has 4 aliphatic carbocycles. The van der Waals surface area contributed by atoms with Gasteiger partial charge in [0.05, 0.1) is 11.2 Å². The standard InChI is InChI=1S/C10H19F.2C10H20O.2C10H20.C9H17F.C9H18OS.C8H16O2.2C8H16O.C7H14O.4CH4/c1-8(2)9-4-6-10(3,11)7-5-9;1-7(2)10-8(3)5-11-6-9(10)4;1-8(2)9-5-6-11-10(3,4)7-9;2*1-8(2)10-7-5-4-6-9(10)3;1-7(2)8-5-3-4-6-9(8)10;1-8(2)9-4-6-11(3,10)7-5-9;1-7(2)8(9)3-5-10-6-4-8;1-7(2)8-3-5-9-6-4-8;1-7(2)8-4-3-5-9-6-8;1-6(2)7-3-4-8-5-7;;;;/h8-9H,4-7H2,1-3H3;7-10H,5-6H2,1-4H3;8-9H,5-7H2,1-4H3;2*8-10H,4-7H2,1-3H3;7-9H,3-6H2,1-2H3;8-9H,3-7H2,1-2H3;7,9H,3-6H2,1-2H3;2*7-8H,3-6H2,1-2H3;6-7H,3-5H2,1-2H3;4*1H4. The fourth-order valence-electron chi connectivity index (χ4n) is 19.5. The van der Waals surface area contributed by atoms with Gasteiger partial charge in [0.2, 0.25) is 0 Å². The molecule has 0 amide bonds. The fraction of sp³-hybridized carbons (Fsp3) is 0.990. The van der Waals surface area contributed by atoms with E-state index < -0.39 is 27.0 Å². The normalized spacial score (nSPS) is 32.0. The molecule has 1 N–H and O–H groups in total. The Kier molecular flexibility index (Phi) is 67.7. The van der Waals surface area contributed by atoms with Crippen LogP contribution in [-0.4, -0.2) is 122 Å². The van der Waals surface area contributed by atoms with Crippen LogP contribution < -0.4 is 0 Å². The Labute approximate surface area is 716 Å². The molecule has 114 heavy (non-hydrogen) atoms. The van der Waals surface area contributed by atoms with Crippen LogP contribution in [-0.2, 0) is 37.9 Å². The fourth-order valence-corrected chi connectivity index (χ4v) is 21.2. The van der Waals surface area contributed by atoms with Gasteiger partial charge in [-0.3, -0.25) is 4.21 Å². The lowest BCUT2D eigenvalue weighted by atomic mass is 9.75. The summed E-state index contributed by atoms with van der Waals surface area (Å²) in [5.41, 5.74) is -1.17. The Bertz CT molecular complexity index is 2150. The van der Waals surface area contributed by atoms with Gasteiger partial charge in [0.25, 0.3) is 0 Å². The minimum Gasteiger partial charge on any atom is -0.389 e. The maximum absolute atomic E-state index is 13.3.